The third kappa shape index (κ3) is 5.30. The van der Waals surface area contributed by atoms with Crippen LogP contribution in [0, 0.1) is 0 Å². The maximum Gasteiger partial charge on any atom is 0.261 e. The minimum absolute atomic E-state index is 0.0148. The molecule has 0 spiro atoms. The van der Waals surface area contributed by atoms with Gasteiger partial charge in [0.15, 0.2) is 6.61 Å². The zero-order chi connectivity index (χ0) is 23.3. The van der Waals surface area contributed by atoms with Crippen molar-refractivity contribution in [3.63, 3.8) is 0 Å². The van der Waals surface area contributed by atoms with Crippen LogP contribution >= 0.6 is 0 Å². The summed E-state index contributed by atoms with van der Waals surface area (Å²) >= 11 is 0. The first-order chi connectivity index (χ1) is 16.7. The topological polar surface area (TPSA) is 76.5 Å². The second-order valence-corrected chi connectivity index (χ2v) is 9.37. The lowest BCUT2D eigenvalue weighted by Gasteiger charge is -2.32. The van der Waals surface area contributed by atoms with Crippen molar-refractivity contribution in [3.05, 3.63) is 70.3 Å². The Labute approximate surface area is 199 Å². The number of benzene rings is 2. The highest BCUT2D eigenvalue weighted by atomic mass is 16.5. The summed E-state index contributed by atoms with van der Waals surface area (Å²) in [5, 5.41) is 3.65. The third-order valence-corrected chi connectivity index (χ3v) is 6.86. The number of aryl methyl sites for hydroxylation is 1. The third-order valence-electron chi connectivity index (χ3n) is 6.86. The van der Waals surface area contributed by atoms with Gasteiger partial charge in [0.2, 0.25) is 0 Å². The van der Waals surface area contributed by atoms with E-state index in [9.17, 15) is 9.59 Å². The Morgan fingerprint density at radius 2 is 1.85 bits per heavy atom. The van der Waals surface area contributed by atoms with Crippen LogP contribution in [0.2, 0.25) is 0 Å². The van der Waals surface area contributed by atoms with Crippen molar-refractivity contribution >= 4 is 16.8 Å². The summed E-state index contributed by atoms with van der Waals surface area (Å²) in [6, 6.07) is 16.0. The Kier molecular flexibility index (Phi) is 6.90. The molecule has 1 amide bonds. The molecular formula is C27H32N4O3. The van der Waals surface area contributed by atoms with Crippen LogP contribution in [0.1, 0.15) is 43.5 Å². The summed E-state index contributed by atoms with van der Waals surface area (Å²) in [5.74, 6) is 1.27. The molecule has 0 bridgehead atoms. The average Bonchev–Trinajstić information content (AvgIpc) is 3.11. The van der Waals surface area contributed by atoms with Gasteiger partial charge in [-0.2, -0.15) is 0 Å². The quantitative estimate of drug-likeness (QED) is 0.611. The Balaban J connectivity index is 1.14. The van der Waals surface area contributed by atoms with Gasteiger partial charge in [0.25, 0.3) is 11.5 Å². The molecule has 3 aromatic rings. The van der Waals surface area contributed by atoms with Gasteiger partial charge in [0.1, 0.15) is 11.6 Å². The molecule has 0 atom stereocenters. The molecule has 34 heavy (non-hydrogen) atoms. The van der Waals surface area contributed by atoms with Gasteiger partial charge in [-0.3, -0.25) is 19.1 Å². The number of carbonyl (C=O) groups excluding carboxylic acids is 1. The van der Waals surface area contributed by atoms with Crippen molar-refractivity contribution in [1.29, 1.82) is 0 Å². The van der Waals surface area contributed by atoms with Crippen LogP contribution in [0.15, 0.2) is 53.3 Å². The lowest BCUT2D eigenvalue weighted by atomic mass is 10.0. The molecule has 2 aliphatic rings. The Hall–Kier alpha value is -3.19. The lowest BCUT2D eigenvalue weighted by Crippen LogP contribution is -2.45. The largest absolute Gasteiger partial charge is 0.484 e. The fourth-order valence-electron chi connectivity index (χ4n) is 4.98. The smallest absolute Gasteiger partial charge is 0.261 e. The predicted molar refractivity (Wildman–Crippen MR) is 132 cm³/mol. The summed E-state index contributed by atoms with van der Waals surface area (Å²) in [5.41, 5.74) is 2.00. The minimum atomic E-state index is -0.126. The van der Waals surface area contributed by atoms with Gasteiger partial charge in [0.05, 0.1) is 10.9 Å². The number of amides is 1. The molecule has 7 nitrogen and oxygen atoms in total. The van der Waals surface area contributed by atoms with E-state index in [-0.39, 0.29) is 24.1 Å². The number of nitrogens with one attached hydrogen (secondary N) is 1. The van der Waals surface area contributed by atoms with Crippen LogP contribution in [0.25, 0.3) is 10.9 Å². The van der Waals surface area contributed by atoms with Gasteiger partial charge in [-0.25, -0.2) is 4.98 Å². The van der Waals surface area contributed by atoms with Crippen molar-refractivity contribution in [2.75, 3.05) is 19.7 Å². The molecule has 0 unspecified atom stereocenters. The van der Waals surface area contributed by atoms with Gasteiger partial charge >= 0.3 is 0 Å². The van der Waals surface area contributed by atoms with Gasteiger partial charge < -0.3 is 10.1 Å². The Morgan fingerprint density at radius 1 is 1.03 bits per heavy atom. The maximum atomic E-state index is 13.0. The summed E-state index contributed by atoms with van der Waals surface area (Å²) in [6.07, 6.45) is 5.90. The monoisotopic (exact) mass is 460 g/mol. The van der Waals surface area contributed by atoms with Gasteiger partial charge in [-0.1, -0.05) is 36.8 Å². The van der Waals surface area contributed by atoms with Gasteiger partial charge in [-0.15, -0.1) is 0 Å². The number of likely N-dealkylation sites (tertiary alicyclic amines) is 1. The van der Waals surface area contributed by atoms with E-state index in [1.165, 1.54) is 5.56 Å². The van der Waals surface area contributed by atoms with E-state index >= 15 is 0 Å². The van der Waals surface area contributed by atoms with Gasteiger partial charge in [-0.05, 0) is 49.4 Å². The second-order valence-electron chi connectivity index (χ2n) is 9.37. The summed E-state index contributed by atoms with van der Waals surface area (Å²) in [6.45, 7) is 3.54. The van der Waals surface area contributed by atoms with Crippen molar-refractivity contribution in [2.24, 2.45) is 0 Å². The molecule has 1 fully saturated rings. The molecule has 3 heterocycles. The fourth-order valence-corrected chi connectivity index (χ4v) is 4.98. The van der Waals surface area contributed by atoms with E-state index in [0.717, 1.165) is 70.5 Å². The standard InChI is InChI=1S/C27H32N4O3/c32-26(28-21-12-15-30(16-13-21)18-20-7-3-1-4-8-20)19-34-22-10-11-24-23(17-22)27(33)31-14-6-2-5-9-25(31)29-24/h1,3-4,7-8,10-11,17,21H,2,5-6,9,12-16,18-19H2,(H,28,32). The molecule has 2 aromatic carbocycles. The molecule has 5 rings (SSSR count). The summed E-state index contributed by atoms with van der Waals surface area (Å²) < 4.78 is 7.54. The lowest BCUT2D eigenvalue weighted by molar-refractivity contribution is -0.124. The van der Waals surface area contributed by atoms with Crippen molar-refractivity contribution in [2.45, 2.75) is 57.7 Å². The van der Waals surface area contributed by atoms with Crippen LogP contribution in [0.3, 0.4) is 0 Å². The first-order valence-electron chi connectivity index (χ1n) is 12.4. The van der Waals surface area contributed by atoms with Gasteiger partial charge in [0, 0.05) is 38.6 Å². The number of nitrogens with zero attached hydrogens (tertiary/aromatic N) is 3. The molecule has 1 saturated heterocycles. The molecule has 0 saturated carbocycles. The Bertz CT molecular complexity index is 1200. The van der Waals surface area contributed by atoms with E-state index < -0.39 is 0 Å². The minimum Gasteiger partial charge on any atom is -0.484 e. The maximum absolute atomic E-state index is 13.0. The Morgan fingerprint density at radius 3 is 2.68 bits per heavy atom. The van der Waals surface area contributed by atoms with E-state index in [1.807, 2.05) is 12.1 Å². The molecule has 2 aliphatic heterocycles. The zero-order valence-electron chi connectivity index (χ0n) is 19.5. The first kappa shape index (κ1) is 22.6. The number of hydrogen-bond acceptors (Lipinski definition) is 5. The first-order valence-corrected chi connectivity index (χ1v) is 12.4. The van der Waals surface area contributed by atoms with Crippen LogP contribution in [-0.4, -0.2) is 46.1 Å². The normalized spacial score (nSPS) is 17.2. The van der Waals surface area contributed by atoms with Crippen LogP contribution < -0.4 is 15.6 Å². The summed E-state index contributed by atoms with van der Waals surface area (Å²) in [4.78, 5) is 32.6. The fraction of sp³-hybridized carbons (Fsp3) is 0.444. The molecule has 0 radical (unpaired) electrons. The highest BCUT2D eigenvalue weighted by Crippen LogP contribution is 2.20. The molecule has 0 aliphatic carbocycles. The molecule has 7 heteroatoms. The molecule has 178 valence electrons. The number of rotatable bonds is 6. The van der Waals surface area contributed by atoms with E-state index in [2.05, 4.69) is 34.5 Å². The van der Waals surface area contributed by atoms with E-state index in [4.69, 9.17) is 9.72 Å². The molecular weight excluding hydrogens is 428 g/mol. The van der Waals surface area contributed by atoms with Crippen molar-refractivity contribution in [1.82, 2.24) is 19.8 Å². The van der Waals surface area contributed by atoms with Crippen LogP contribution in [0.5, 0.6) is 5.75 Å². The SMILES string of the molecule is O=C(COc1ccc2nc3n(c(=O)c2c1)CCCCC3)NC1CCN(Cc2ccccc2)CC1. The van der Waals surface area contributed by atoms with E-state index in [0.29, 0.717) is 16.7 Å². The predicted octanol–water partition coefficient (Wildman–Crippen LogP) is 3.28. The summed E-state index contributed by atoms with van der Waals surface area (Å²) in [7, 11) is 0. The number of carbonyl (C=O) groups is 1. The van der Waals surface area contributed by atoms with Crippen molar-refractivity contribution < 1.29 is 9.53 Å². The second kappa shape index (κ2) is 10.4. The number of piperidine rings is 1. The molecule has 1 N–H and O–H groups in total. The zero-order valence-corrected chi connectivity index (χ0v) is 19.5. The van der Waals surface area contributed by atoms with Crippen LogP contribution in [0.4, 0.5) is 0 Å². The highest BCUT2D eigenvalue weighted by molar-refractivity contribution is 5.80. The number of ether oxygens (including phenoxy) is 1. The molecule has 1 aromatic heterocycles. The van der Waals surface area contributed by atoms with Crippen molar-refractivity contribution in [3.8, 4) is 5.75 Å². The highest BCUT2D eigenvalue weighted by Gasteiger charge is 2.21. The average molecular weight is 461 g/mol. The number of aromatic nitrogens is 2. The van der Waals surface area contributed by atoms with Crippen LogP contribution in [-0.2, 0) is 24.3 Å². The number of hydrogen-bond donors (Lipinski definition) is 1. The number of fused-ring (bicyclic) bond motifs is 2. The van der Waals surface area contributed by atoms with E-state index in [1.54, 1.807) is 16.7 Å².